The minimum absolute atomic E-state index is 0.0666. The Labute approximate surface area is 304 Å². The molecule has 2 aliphatic rings. The SMILES string of the molecule is CCCNC1CCc2nc(N)sc2C1.CCCOS(=O)(=O)c1ccc(C)cc1.Cc1ccc(S(=O)(=O)O)cc1.Nc1nc2c(s1)CC(N)CC2. The first kappa shape index (κ1) is 41.5. The van der Waals surface area contributed by atoms with Crippen LogP contribution in [0.2, 0.25) is 0 Å². The molecule has 8 N–H and O–H groups in total. The molecule has 6 rings (SSSR count). The second kappa shape index (κ2) is 19.6. The zero-order chi connectivity index (χ0) is 36.9. The minimum atomic E-state index is -4.02. The van der Waals surface area contributed by atoms with Crippen LogP contribution in [-0.4, -0.2) is 56.6 Å². The molecule has 16 heteroatoms. The second-order valence-electron chi connectivity index (χ2n) is 12.1. The summed E-state index contributed by atoms with van der Waals surface area (Å²) in [5.74, 6) is 0. The molecule has 2 heterocycles. The Hall–Kier alpha value is -2.96. The van der Waals surface area contributed by atoms with Gasteiger partial charge in [0.1, 0.15) is 0 Å². The number of anilines is 2. The molecule has 12 nitrogen and oxygen atoms in total. The number of hydrogen-bond donors (Lipinski definition) is 5. The van der Waals surface area contributed by atoms with Gasteiger partial charge in [0.2, 0.25) is 0 Å². The molecular weight excluding hydrogens is 717 g/mol. The molecule has 2 aliphatic carbocycles. The standard InChI is InChI=1S/C10H17N3S.C10H14O3S.C7H11N3S.C7H8O3S/c1-2-5-12-7-3-4-8-9(6-7)14-10(11)13-8;1-3-8-13-14(11,12)10-6-4-9(2)5-7-10;8-4-1-2-5-6(3-4)11-7(9)10-5;1-6-2-4-7(5-3-6)11(8,9)10/h7,12H,2-6H2,1H3,(H2,11,13);4-7H,3,8H2,1-2H3;4H,1-3,8H2,(H2,9,10);2-5H,1H3,(H,8,9,10). The van der Waals surface area contributed by atoms with Gasteiger partial charge in [-0.15, -0.1) is 22.7 Å². The fourth-order valence-corrected chi connectivity index (χ4v) is 8.42. The van der Waals surface area contributed by atoms with Crippen LogP contribution in [0.15, 0.2) is 58.3 Å². The molecule has 0 radical (unpaired) electrons. The molecule has 0 fully saturated rings. The highest BCUT2D eigenvalue weighted by Crippen LogP contribution is 2.28. The lowest BCUT2D eigenvalue weighted by molar-refractivity contribution is 0.318. The average molecular weight is 767 g/mol. The van der Waals surface area contributed by atoms with E-state index in [4.69, 9.17) is 25.9 Å². The summed E-state index contributed by atoms with van der Waals surface area (Å²) in [7, 11) is -7.56. The van der Waals surface area contributed by atoms with Crippen molar-refractivity contribution < 1.29 is 25.6 Å². The van der Waals surface area contributed by atoms with Crippen LogP contribution in [0.4, 0.5) is 10.3 Å². The summed E-state index contributed by atoms with van der Waals surface area (Å²) in [6.07, 6.45) is 8.31. The van der Waals surface area contributed by atoms with Gasteiger partial charge in [0.15, 0.2) is 10.3 Å². The van der Waals surface area contributed by atoms with E-state index >= 15 is 0 Å². The van der Waals surface area contributed by atoms with Crippen molar-refractivity contribution in [1.82, 2.24) is 15.3 Å². The van der Waals surface area contributed by atoms with E-state index < -0.39 is 20.2 Å². The van der Waals surface area contributed by atoms with Gasteiger partial charge in [0.25, 0.3) is 20.2 Å². The number of nitrogens with zero attached hydrogens (tertiary/aromatic N) is 2. The van der Waals surface area contributed by atoms with E-state index in [1.807, 2.05) is 20.8 Å². The number of aryl methyl sites for hydroxylation is 4. The van der Waals surface area contributed by atoms with Gasteiger partial charge in [0, 0.05) is 21.8 Å². The molecule has 0 amide bonds. The molecule has 2 unspecified atom stereocenters. The van der Waals surface area contributed by atoms with Gasteiger partial charge in [-0.05, 0) is 96.0 Å². The van der Waals surface area contributed by atoms with Crippen molar-refractivity contribution in [3.63, 3.8) is 0 Å². The number of rotatable bonds is 8. The van der Waals surface area contributed by atoms with E-state index in [2.05, 4.69) is 22.2 Å². The van der Waals surface area contributed by atoms with E-state index in [1.165, 1.54) is 46.1 Å². The van der Waals surface area contributed by atoms with Crippen LogP contribution in [0, 0.1) is 13.8 Å². The van der Waals surface area contributed by atoms with Gasteiger partial charge in [-0.1, -0.05) is 49.2 Å². The van der Waals surface area contributed by atoms with Crippen LogP contribution in [0.1, 0.15) is 71.8 Å². The topological polar surface area (TPSA) is 214 Å². The molecule has 0 spiro atoms. The van der Waals surface area contributed by atoms with Gasteiger partial charge >= 0.3 is 0 Å². The highest BCUT2D eigenvalue weighted by Gasteiger charge is 2.21. The van der Waals surface area contributed by atoms with Crippen molar-refractivity contribution in [2.75, 3.05) is 24.6 Å². The maximum atomic E-state index is 11.5. The predicted molar refractivity (Wildman–Crippen MR) is 203 cm³/mol. The predicted octanol–water partition coefficient (Wildman–Crippen LogP) is 5.48. The van der Waals surface area contributed by atoms with Crippen LogP contribution >= 0.6 is 22.7 Å². The van der Waals surface area contributed by atoms with Gasteiger partial charge in [0.05, 0.1) is 27.8 Å². The molecule has 0 saturated heterocycles. The third kappa shape index (κ3) is 13.6. The van der Waals surface area contributed by atoms with Crippen LogP contribution in [-0.2, 0) is 50.1 Å². The van der Waals surface area contributed by atoms with E-state index in [0.717, 1.165) is 54.9 Å². The number of fused-ring (bicyclic) bond motifs is 2. The Balaban J connectivity index is 0.000000181. The summed E-state index contributed by atoms with van der Waals surface area (Å²) >= 11 is 3.23. The van der Waals surface area contributed by atoms with Crippen molar-refractivity contribution in [3.8, 4) is 0 Å². The maximum Gasteiger partial charge on any atom is 0.296 e. The number of aromatic nitrogens is 2. The highest BCUT2D eigenvalue weighted by molar-refractivity contribution is 7.86. The Morgan fingerprint density at radius 2 is 1.30 bits per heavy atom. The molecule has 0 aliphatic heterocycles. The lowest BCUT2D eigenvalue weighted by Crippen LogP contribution is -2.34. The van der Waals surface area contributed by atoms with E-state index in [0.29, 0.717) is 23.6 Å². The number of nitrogen functional groups attached to an aromatic ring is 2. The number of nitrogens with one attached hydrogen (secondary N) is 1. The molecular formula is C34H50N6O6S4. The third-order valence-corrected chi connectivity index (χ3v) is 11.8. The summed E-state index contributed by atoms with van der Waals surface area (Å²) in [4.78, 5) is 11.4. The smallest absolute Gasteiger partial charge is 0.296 e. The Morgan fingerprint density at radius 1 is 0.800 bits per heavy atom. The minimum Gasteiger partial charge on any atom is -0.375 e. The number of thiazole rings is 2. The Bertz CT molecular complexity index is 1840. The highest BCUT2D eigenvalue weighted by atomic mass is 32.2. The maximum absolute atomic E-state index is 11.5. The van der Waals surface area contributed by atoms with Crippen LogP contribution in [0.3, 0.4) is 0 Å². The second-order valence-corrected chi connectivity index (χ2v) is 17.4. The van der Waals surface area contributed by atoms with Crippen molar-refractivity contribution in [1.29, 1.82) is 0 Å². The lowest BCUT2D eigenvalue weighted by atomic mass is 9.98. The molecule has 0 bridgehead atoms. The van der Waals surface area contributed by atoms with E-state index in [1.54, 1.807) is 59.1 Å². The zero-order valence-corrected chi connectivity index (χ0v) is 32.4. The number of benzene rings is 2. The average Bonchev–Trinajstić information content (AvgIpc) is 3.63. The van der Waals surface area contributed by atoms with Crippen LogP contribution in [0.25, 0.3) is 0 Å². The molecule has 0 saturated carbocycles. The summed E-state index contributed by atoms with van der Waals surface area (Å²) in [5, 5.41) is 4.97. The fraction of sp³-hybridized carbons (Fsp3) is 0.471. The monoisotopic (exact) mass is 766 g/mol. The molecule has 50 heavy (non-hydrogen) atoms. The van der Waals surface area contributed by atoms with Crippen molar-refractivity contribution in [2.45, 2.75) is 101 Å². The molecule has 2 atom stereocenters. The first-order valence-corrected chi connectivity index (χ1v) is 21.1. The first-order chi connectivity index (χ1) is 23.6. The molecule has 2 aromatic carbocycles. The van der Waals surface area contributed by atoms with Gasteiger partial charge < -0.3 is 22.5 Å². The summed E-state index contributed by atoms with van der Waals surface area (Å²) in [6, 6.07) is 13.6. The summed E-state index contributed by atoms with van der Waals surface area (Å²) < 4.78 is 57.3. The molecule has 2 aromatic heterocycles. The third-order valence-electron chi connectivity index (χ3n) is 7.70. The fourth-order valence-electron chi connectivity index (χ4n) is 5.01. The summed E-state index contributed by atoms with van der Waals surface area (Å²) in [5.41, 5.74) is 21.5. The lowest BCUT2D eigenvalue weighted by Gasteiger charge is -2.21. The van der Waals surface area contributed by atoms with Crippen molar-refractivity contribution >= 4 is 53.2 Å². The number of nitrogens with two attached hydrogens (primary N) is 3. The number of hydrogen-bond acceptors (Lipinski definition) is 13. The van der Waals surface area contributed by atoms with Crippen molar-refractivity contribution in [3.05, 3.63) is 80.8 Å². The van der Waals surface area contributed by atoms with Crippen LogP contribution in [0.5, 0.6) is 0 Å². The molecule has 4 aromatic rings. The Morgan fingerprint density at radius 3 is 1.80 bits per heavy atom. The van der Waals surface area contributed by atoms with Crippen LogP contribution < -0.4 is 22.5 Å². The summed E-state index contributed by atoms with van der Waals surface area (Å²) in [6.45, 7) is 9.16. The quantitative estimate of drug-likeness (QED) is 0.112. The normalized spacial score (nSPS) is 16.7. The largest absolute Gasteiger partial charge is 0.375 e. The Kier molecular flexibility index (Phi) is 16.2. The van der Waals surface area contributed by atoms with Gasteiger partial charge in [-0.25, -0.2) is 9.97 Å². The zero-order valence-electron chi connectivity index (χ0n) is 29.1. The van der Waals surface area contributed by atoms with Crippen molar-refractivity contribution in [2.24, 2.45) is 5.73 Å². The van der Waals surface area contributed by atoms with E-state index in [9.17, 15) is 16.8 Å². The van der Waals surface area contributed by atoms with Gasteiger partial charge in [-0.3, -0.25) is 8.74 Å². The van der Waals surface area contributed by atoms with E-state index in [-0.39, 0.29) is 16.4 Å². The van der Waals surface area contributed by atoms with Gasteiger partial charge in [-0.2, -0.15) is 16.8 Å². The first-order valence-electron chi connectivity index (χ1n) is 16.6. The molecule has 276 valence electrons.